The second-order valence-electron chi connectivity index (χ2n) is 8.18. The minimum absolute atomic E-state index is 0.0314. The van der Waals surface area contributed by atoms with Gasteiger partial charge in [-0.05, 0) is 30.5 Å². The van der Waals surface area contributed by atoms with Crippen LogP contribution in [-0.2, 0) is 26.0 Å². The number of hydroxylamine groups is 1. The number of sulfonamides is 1. The number of hydrogen-bond donors (Lipinski definition) is 2. The van der Waals surface area contributed by atoms with Crippen molar-refractivity contribution in [1.82, 2.24) is 9.79 Å². The molecular weight excluding hydrogens is 470 g/mol. The Morgan fingerprint density at radius 1 is 1.15 bits per heavy atom. The first-order valence-corrected chi connectivity index (χ1v) is 12.1. The Bertz CT molecular complexity index is 944. The van der Waals surface area contributed by atoms with Crippen molar-refractivity contribution < 1.29 is 40.7 Å². The van der Waals surface area contributed by atoms with E-state index in [0.717, 1.165) is 0 Å². The van der Waals surface area contributed by atoms with E-state index < -0.39 is 39.1 Å². The zero-order valence-corrected chi connectivity index (χ0v) is 18.7. The number of halogens is 4. The van der Waals surface area contributed by atoms with Gasteiger partial charge >= 0.3 is 6.18 Å². The van der Waals surface area contributed by atoms with E-state index in [2.05, 4.69) is 0 Å². The summed E-state index contributed by atoms with van der Waals surface area (Å²) in [6.07, 6.45) is -5.66. The molecule has 2 aliphatic heterocycles. The summed E-state index contributed by atoms with van der Waals surface area (Å²) in [4.78, 5) is 14.1. The van der Waals surface area contributed by atoms with Gasteiger partial charge in [0.2, 0.25) is 10.0 Å². The first-order chi connectivity index (χ1) is 15.5. The highest BCUT2D eigenvalue weighted by atomic mass is 32.2. The van der Waals surface area contributed by atoms with Gasteiger partial charge in [-0.15, -0.1) is 0 Å². The maximum absolute atomic E-state index is 14.4. The number of aryl methyl sites for hydroxylation is 1. The lowest BCUT2D eigenvalue weighted by Crippen LogP contribution is -2.62. The second kappa shape index (κ2) is 10.1. The molecule has 2 aliphatic rings. The Morgan fingerprint density at radius 3 is 2.33 bits per heavy atom. The van der Waals surface area contributed by atoms with E-state index in [-0.39, 0.29) is 70.6 Å². The Hall–Kier alpha value is -1.96. The summed E-state index contributed by atoms with van der Waals surface area (Å²) in [7, 11) is -4.11. The lowest BCUT2D eigenvalue weighted by molar-refractivity contribution is -0.135. The number of carbonyl (C=O) groups is 1. The molecule has 1 aromatic rings. The Labute approximate surface area is 189 Å². The average molecular weight is 498 g/mol. The predicted molar refractivity (Wildman–Crippen MR) is 111 cm³/mol. The number of hydrogen-bond acceptors (Lipinski definition) is 6. The van der Waals surface area contributed by atoms with Crippen molar-refractivity contribution in [2.75, 3.05) is 44.3 Å². The zero-order chi connectivity index (χ0) is 24.3. The third kappa shape index (κ3) is 5.58. The van der Waals surface area contributed by atoms with Crippen molar-refractivity contribution in [3.63, 3.8) is 0 Å². The van der Waals surface area contributed by atoms with Gasteiger partial charge in [0.1, 0.15) is 5.82 Å². The molecule has 0 unspecified atom stereocenters. The molecule has 186 valence electrons. The Morgan fingerprint density at radius 2 is 1.79 bits per heavy atom. The van der Waals surface area contributed by atoms with Gasteiger partial charge < -0.3 is 9.64 Å². The van der Waals surface area contributed by atoms with Gasteiger partial charge in [0.25, 0.3) is 5.91 Å². The molecule has 8 nitrogen and oxygen atoms in total. The summed E-state index contributed by atoms with van der Waals surface area (Å²) in [5.74, 6) is -1.60. The molecule has 0 saturated carbocycles. The van der Waals surface area contributed by atoms with Crippen LogP contribution in [0.5, 0.6) is 0 Å². The summed E-state index contributed by atoms with van der Waals surface area (Å²) in [6, 6.07) is 4.30. The van der Waals surface area contributed by atoms with E-state index in [0.29, 0.717) is 5.69 Å². The van der Waals surface area contributed by atoms with E-state index in [1.807, 2.05) is 0 Å². The summed E-state index contributed by atoms with van der Waals surface area (Å²) in [5, 5.41) is 9.12. The van der Waals surface area contributed by atoms with Crippen LogP contribution < -0.4 is 10.4 Å². The first-order valence-electron chi connectivity index (χ1n) is 10.6. The normalized spacial score (nSPS) is 20.0. The van der Waals surface area contributed by atoms with Crippen molar-refractivity contribution in [1.29, 1.82) is 0 Å². The van der Waals surface area contributed by atoms with Crippen LogP contribution >= 0.6 is 0 Å². The SMILES string of the molecule is O=C(NO)C1(S(=O)(=O)N2CCN(c3ccc(CCCC(F)(F)F)c(F)c3)CC2)CCOCC1. The summed E-state index contributed by atoms with van der Waals surface area (Å²) in [6.45, 7) is 0.721. The number of rotatable bonds is 7. The minimum atomic E-state index is -4.28. The molecule has 0 radical (unpaired) electrons. The molecule has 13 heteroatoms. The highest BCUT2D eigenvalue weighted by molar-refractivity contribution is 7.91. The van der Waals surface area contributed by atoms with E-state index in [1.54, 1.807) is 11.0 Å². The number of nitrogens with zero attached hydrogens (tertiary/aromatic N) is 2. The van der Waals surface area contributed by atoms with Crippen molar-refractivity contribution in [3.05, 3.63) is 29.6 Å². The summed E-state index contributed by atoms with van der Waals surface area (Å²) < 4.78 is 82.5. The molecule has 33 heavy (non-hydrogen) atoms. The zero-order valence-electron chi connectivity index (χ0n) is 17.9. The van der Waals surface area contributed by atoms with Crippen LogP contribution in [0.2, 0.25) is 0 Å². The lowest BCUT2D eigenvalue weighted by atomic mass is 9.98. The standard InChI is InChI=1S/C20H27F4N3O5S/c21-17-14-16(4-3-15(17)2-1-5-20(22,23)24)26-8-10-27(11-9-26)33(30,31)19(18(28)25-29)6-12-32-13-7-19/h3-4,14,29H,1-2,5-13H2,(H,25,28). The number of amides is 1. The maximum Gasteiger partial charge on any atom is 0.389 e. The molecule has 1 amide bonds. The van der Waals surface area contributed by atoms with Crippen molar-refractivity contribution in [3.8, 4) is 0 Å². The molecule has 1 aromatic carbocycles. The van der Waals surface area contributed by atoms with E-state index in [4.69, 9.17) is 9.94 Å². The van der Waals surface area contributed by atoms with E-state index in [1.165, 1.54) is 21.9 Å². The third-order valence-electron chi connectivity index (χ3n) is 6.20. The van der Waals surface area contributed by atoms with Crippen LogP contribution in [0.25, 0.3) is 0 Å². The minimum Gasteiger partial charge on any atom is -0.381 e. The molecule has 3 rings (SSSR count). The number of ether oxygens (including phenoxy) is 1. The molecule has 0 aromatic heterocycles. The summed E-state index contributed by atoms with van der Waals surface area (Å²) in [5.41, 5.74) is 2.17. The highest BCUT2D eigenvalue weighted by Crippen LogP contribution is 2.34. The van der Waals surface area contributed by atoms with Gasteiger partial charge in [0, 0.05) is 64.3 Å². The molecule has 2 N–H and O–H groups in total. The molecule has 2 saturated heterocycles. The largest absolute Gasteiger partial charge is 0.389 e. The molecule has 0 bridgehead atoms. The van der Waals surface area contributed by atoms with Gasteiger partial charge in [-0.3, -0.25) is 10.0 Å². The van der Waals surface area contributed by atoms with Crippen molar-refractivity contribution >= 4 is 21.6 Å². The van der Waals surface area contributed by atoms with Gasteiger partial charge in [-0.25, -0.2) is 18.3 Å². The number of nitrogens with one attached hydrogen (secondary N) is 1. The van der Waals surface area contributed by atoms with Gasteiger partial charge in [0.05, 0.1) is 0 Å². The number of benzene rings is 1. The van der Waals surface area contributed by atoms with Crippen LogP contribution in [0.4, 0.5) is 23.2 Å². The molecular formula is C20H27F4N3O5S. The Balaban J connectivity index is 1.65. The fraction of sp³-hybridized carbons (Fsp3) is 0.650. The lowest BCUT2D eigenvalue weighted by Gasteiger charge is -2.42. The number of anilines is 1. The molecule has 2 heterocycles. The number of alkyl halides is 3. The van der Waals surface area contributed by atoms with Crippen molar-refractivity contribution in [2.45, 2.75) is 43.0 Å². The fourth-order valence-electron chi connectivity index (χ4n) is 4.25. The molecule has 0 aliphatic carbocycles. The summed E-state index contributed by atoms with van der Waals surface area (Å²) >= 11 is 0. The first kappa shape index (κ1) is 25.7. The molecule has 2 fully saturated rings. The van der Waals surface area contributed by atoms with Gasteiger partial charge in [-0.2, -0.15) is 17.5 Å². The van der Waals surface area contributed by atoms with Crippen LogP contribution in [0.1, 0.15) is 31.2 Å². The van der Waals surface area contributed by atoms with Gasteiger partial charge in [-0.1, -0.05) is 6.07 Å². The highest BCUT2D eigenvalue weighted by Gasteiger charge is 2.54. The molecule has 0 atom stereocenters. The van der Waals surface area contributed by atoms with Crippen LogP contribution in [-0.4, -0.2) is 74.2 Å². The van der Waals surface area contributed by atoms with Crippen molar-refractivity contribution in [2.24, 2.45) is 0 Å². The van der Waals surface area contributed by atoms with Crippen LogP contribution in [0.15, 0.2) is 18.2 Å². The second-order valence-corrected chi connectivity index (χ2v) is 10.4. The predicted octanol–water partition coefficient (Wildman–Crippen LogP) is 2.22. The quantitative estimate of drug-likeness (QED) is 0.341. The number of carbonyl (C=O) groups excluding carboxylic acids is 1. The Kier molecular flexibility index (Phi) is 7.87. The van der Waals surface area contributed by atoms with Crippen LogP contribution in [0, 0.1) is 5.82 Å². The number of piperazine rings is 1. The monoisotopic (exact) mass is 497 g/mol. The van der Waals surface area contributed by atoms with Crippen LogP contribution in [0.3, 0.4) is 0 Å². The maximum atomic E-state index is 14.4. The molecule has 0 spiro atoms. The van der Waals surface area contributed by atoms with E-state index >= 15 is 0 Å². The van der Waals surface area contributed by atoms with Gasteiger partial charge in [0.15, 0.2) is 4.75 Å². The smallest absolute Gasteiger partial charge is 0.381 e. The fourth-order valence-corrected chi connectivity index (χ4v) is 6.35. The third-order valence-corrected chi connectivity index (χ3v) is 8.82. The topological polar surface area (TPSA) is 99.2 Å². The van der Waals surface area contributed by atoms with E-state index in [9.17, 15) is 30.8 Å². The average Bonchev–Trinajstić information content (AvgIpc) is 2.79.